The van der Waals surface area contributed by atoms with Gasteiger partial charge in [0.1, 0.15) is 6.10 Å². The van der Waals surface area contributed by atoms with Crippen molar-refractivity contribution in [1.29, 1.82) is 0 Å². The lowest BCUT2D eigenvalue weighted by molar-refractivity contribution is -0.175. The number of hydrogen-bond donors (Lipinski definition) is 0. The number of hydrogen-bond acceptors (Lipinski definition) is 2. The van der Waals surface area contributed by atoms with E-state index in [4.69, 9.17) is 0 Å². The van der Waals surface area contributed by atoms with Crippen LogP contribution in [0.2, 0.25) is 0 Å². The Morgan fingerprint density at radius 2 is 1.73 bits per heavy atom. The molecule has 5 heteroatoms. The molecule has 0 aromatic carbocycles. The molecule has 2 heterocycles. The van der Waals surface area contributed by atoms with Crippen molar-refractivity contribution >= 4 is 0 Å². The minimum atomic E-state index is -2.10. The molecule has 0 spiro atoms. The van der Waals surface area contributed by atoms with Gasteiger partial charge in [-0.25, -0.2) is 13.2 Å². The molecule has 0 amide bonds. The highest BCUT2D eigenvalue weighted by molar-refractivity contribution is 4.93. The SMILES string of the molecule is F[C@@H]1[C@@H](F)[C@@H]2OC[C@@H](O2)[C@H]1F. The molecular weight excluding hydrogens is 161 g/mol. The maximum absolute atomic E-state index is 12.7. The van der Waals surface area contributed by atoms with Gasteiger partial charge < -0.3 is 9.47 Å². The highest BCUT2D eigenvalue weighted by atomic mass is 19.2. The van der Waals surface area contributed by atoms with Gasteiger partial charge in [-0.2, -0.15) is 0 Å². The predicted molar refractivity (Wildman–Crippen MR) is 29.3 cm³/mol. The van der Waals surface area contributed by atoms with Crippen molar-refractivity contribution in [2.24, 2.45) is 0 Å². The molecule has 5 atom stereocenters. The first-order valence-corrected chi connectivity index (χ1v) is 3.39. The normalized spacial score (nSPS) is 56.5. The zero-order chi connectivity index (χ0) is 8.01. The molecule has 11 heavy (non-hydrogen) atoms. The molecule has 0 aromatic rings. The summed E-state index contributed by atoms with van der Waals surface area (Å²) in [5, 5.41) is 0. The summed E-state index contributed by atoms with van der Waals surface area (Å²) in [7, 11) is 0. The number of fused-ring (bicyclic) bond motifs is 2. The first kappa shape index (κ1) is 7.36. The van der Waals surface area contributed by atoms with Gasteiger partial charge in [-0.1, -0.05) is 0 Å². The van der Waals surface area contributed by atoms with Crippen molar-refractivity contribution in [3.05, 3.63) is 0 Å². The van der Waals surface area contributed by atoms with E-state index in [0.717, 1.165) is 0 Å². The van der Waals surface area contributed by atoms with E-state index in [1.807, 2.05) is 0 Å². The topological polar surface area (TPSA) is 18.5 Å². The second-order valence-electron chi connectivity index (χ2n) is 2.71. The Labute approximate surface area is 61.3 Å². The Balaban J connectivity index is 2.16. The summed E-state index contributed by atoms with van der Waals surface area (Å²) in [5.41, 5.74) is 0. The molecular formula is C6H7F3O2. The third-order valence-corrected chi connectivity index (χ3v) is 1.96. The third kappa shape index (κ3) is 0.945. The summed E-state index contributed by atoms with van der Waals surface area (Å²) < 4.78 is 47.3. The van der Waals surface area contributed by atoms with E-state index in [1.165, 1.54) is 0 Å². The molecule has 0 unspecified atom stereocenters. The Hall–Kier alpha value is -0.290. The molecule has 2 aliphatic rings. The highest BCUT2D eigenvalue weighted by Gasteiger charge is 2.52. The van der Waals surface area contributed by atoms with Gasteiger partial charge in [0.25, 0.3) is 0 Å². The molecule has 64 valence electrons. The first-order valence-electron chi connectivity index (χ1n) is 3.39. The van der Waals surface area contributed by atoms with Crippen molar-refractivity contribution < 1.29 is 22.6 Å². The van der Waals surface area contributed by atoms with Crippen molar-refractivity contribution in [3.8, 4) is 0 Å². The van der Waals surface area contributed by atoms with Gasteiger partial charge in [-0.15, -0.1) is 0 Å². The van der Waals surface area contributed by atoms with Gasteiger partial charge in [-0.3, -0.25) is 0 Å². The molecule has 0 saturated carbocycles. The Kier molecular flexibility index (Phi) is 1.57. The van der Waals surface area contributed by atoms with Crippen LogP contribution in [-0.2, 0) is 9.47 Å². The molecule has 0 radical (unpaired) electrons. The average molecular weight is 168 g/mol. The van der Waals surface area contributed by atoms with Gasteiger partial charge >= 0.3 is 0 Å². The predicted octanol–water partition coefficient (Wildman–Crippen LogP) is 0.756. The van der Waals surface area contributed by atoms with Crippen LogP contribution in [-0.4, -0.2) is 37.5 Å². The van der Waals surface area contributed by atoms with Crippen LogP contribution < -0.4 is 0 Å². The molecule has 2 bridgehead atoms. The number of rotatable bonds is 0. The monoisotopic (exact) mass is 168 g/mol. The fraction of sp³-hybridized carbons (Fsp3) is 1.00. The van der Waals surface area contributed by atoms with Crippen LogP contribution in [0.4, 0.5) is 13.2 Å². The second-order valence-corrected chi connectivity index (χ2v) is 2.71. The zero-order valence-electron chi connectivity index (χ0n) is 5.54. The Morgan fingerprint density at radius 3 is 2.45 bits per heavy atom. The lowest BCUT2D eigenvalue weighted by Gasteiger charge is -2.27. The summed E-state index contributed by atoms with van der Waals surface area (Å²) in [6.07, 6.45) is -8.07. The molecule has 2 nitrogen and oxygen atoms in total. The Morgan fingerprint density at radius 1 is 1.00 bits per heavy atom. The van der Waals surface area contributed by atoms with Crippen LogP contribution in [0.15, 0.2) is 0 Å². The summed E-state index contributed by atoms with van der Waals surface area (Å²) in [6, 6.07) is 0. The zero-order valence-corrected chi connectivity index (χ0v) is 5.54. The van der Waals surface area contributed by atoms with E-state index >= 15 is 0 Å². The van der Waals surface area contributed by atoms with Gasteiger partial charge in [0.05, 0.1) is 6.61 Å². The summed E-state index contributed by atoms with van der Waals surface area (Å²) in [4.78, 5) is 0. The quantitative estimate of drug-likeness (QED) is 0.531. The van der Waals surface area contributed by atoms with Crippen LogP contribution >= 0.6 is 0 Å². The van der Waals surface area contributed by atoms with E-state index in [1.54, 1.807) is 0 Å². The molecule has 0 N–H and O–H groups in total. The van der Waals surface area contributed by atoms with Crippen LogP contribution in [0.5, 0.6) is 0 Å². The van der Waals surface area contributed by atoms with Crippen LogP contribution in [0.3, 0.4) is 0 Å². The van der Waals surface area contributed by atoms with Crippen LogP contribution in [0, 0.1) is 0 Å². The largest absolute Gasteiger partial charge is 0.347 e. The number of halogens is 3. The number of ether oxygens (including phenoxy) is 2. The van der Waals surface area contributed by atoms with Crippen LogP contribution in [0.1, 0.15) is 0 Å². The van der Waals surface area contributed by atoms with Crippen molar-refractivity contribution in [2.45, 2.75) is 30.9 Å². The van der Waals surface area contributed by atoms with Gasteiger partial charge in [0.15, 0.2) is 24.8 Å². The molecule has 0 aromatic heterocycles. The fourth-order valence-corrected chi connectivity index (χ4v) is 1.31. The van der Waals surface area contributed by atoms with Gasteiger partial charge in [0, 0.05) is 0 Å². The van der Waals surface area contributed by atoms with E-state index in [9.17, 15) is 13.2 Å². The average Bonchev–Trinajstić information content (AvgIpc) is 2.44. The lowest BCUT2D eigenvalue weighted by atomic mass is 10.1. The number of alkyl halides is 3. The maximum atomic E-state index is 12.7. The summed E-state index contributed by atoms with van der Waals surface area (Å²) >= 11 is 0. The van der Waals surface area contributed by atoms with E-state index in [0.29, 0.717) is 0 Å². The molecule has 2 fully saturated rings. The third-order valence-electron chi connectivity index (χ3n) is 1.96. The van der Waals surface area contributed by atoms with Gasteiger partial charge in [0.2, 0.25) is 0 Å². The summed E-state index contributed by atoms with van der Waals surface area (Å²) in [5.74, 6) is 0. The minimum absolute atomic E-state index is 0.0489. The highest BCUT2D eigenvalue weighted by Crippen LogP contribution is 2.33. The fourth-order valence-electron chi connectivity index (χ4n) is 1.31. The Bertz CT molecular complexity index is 146. The molecule has 2 saturated heterocycles. The smallest absolute Gasteiger partial charge is 0.192 e. The maximum Gasteiger partial charge on any atom is 0.192 e. The van der Waals surface area contributed by atoms with E-state index in [-0.39, 0.29) is 6.61 Å². The van der Waals surface area contributed by atoms with E-state index in [2.05, 4.69) is 9.47 Å². The van der Waals surface area contributed by atoms with Crippen LogP contribution in [0.25, 0.3) is 0 Å². The standard InChI is InChI=1S/C6H7F3O2/c7-3-2-1-10-6(11-2)5(9)4(3)8/h2-6H,1H2/t2-,3-,4+,5-,6-/m1/s1. The molecule has 0 aliphatic carbocycles. The molecule has 2 rings (SSSR count). The lowest BCUT2D eigenvalue weighted by Crippen LogP contribution is -2.47. The summed E-state index contributed by atoms with van der Waals surface area (Å²) in [6.45, 7) is -0.0489. The van der Waals surface area contributed by atoms with Crippen molar-refractivity contribution in [3.63, 3.8) is 0 Å². The van der Waals surface area contributed by atoms with E-state index < -0.39 is 30.9 Å². The first-order chi connectivity index (χ1) is 5.20. The van der Waals surface area contributed by atoms with Crippen molar-refractivity contribution in [2.75, 3.05) is 6.61 Å². The molecule has 2 aliphatic heterocycles. The van der Waals surface area contributed by atoms with Crippen molar-refractivity contribution in [1.82, 2.24) is 0 Å². The minimum Gasteiger partial charge on any atom is -0.347 e. The second kappa shape index (κ2) is 2.35. The van der Waals surface area contributed by atoms with Gasteiger partial charge in [-0.05, 0) is 0 Å².